The van der Waals surface area contributed by atoms with Crippen molar-refractivity contribution in [1.82, 2.24) is 5.32 Å². The molecule has 0 aliphatic heterocycles. The number of amides is 1. The second-order valence-electron chi connectivity index (χ2n) is 7.20. The number of esters is 2. The molecular formula is C21H31NO7. The number of carboxylic acid groups (broad SMARTS) is 1. The number of nitrogens with one attached hydrogen (secondary N) is 1. The standard InChI is InChI=1S/C11H17NO3.C10H14O4/c1-4-15-11(14)9-6-7(2)5-8(9)10(13)12-3;1-3-14-10(13)8-5-6(2)4-7(8)9(11)12/h8-9H,2,4-6H2,1,3H3,(H,12,13);7-8H,2-5H2,1H3,(H,11,12)/t8-,9-;7-,8-/m00/s1. The fraction of sp³-hybridized carbons (Fsp3) is 0.619. The Hall–Kier alpha value is -2.64. The number of ether oxygens (including phenoxy) is 2. The lowest BCUT2D eigenvalue weighted by atomic mass is 9.95. The quantitative estimate of drug-likeness (QED) is 0.509. The molecule has 2 aliphatic carbocycles. The van der Waals surface area contributed by atoms with E-state index in [2.05, 4.69) is 18.5 Å². The van der Waals surface area contributed by atoms with E-state index in [-0.39, 0.29) is 30.3 Å². The lowest BCUT2D eigenvalue weighted by Crippen LogP contribution is -2.33. The highest BCUT2D eigenvalue weighted by Crippen LogP contribution is 2.36. The third-order valence-electron chi connectivity index (χ3n) is 5.08. The van der Waals surface area contributed by atoms with E-state index in [0.29, 0.717) is 32.3 Å². The Bertz CT molecular complexity index is 670. The molecule has 29 heavy (non-hydrogen) atoms. The van der Waals surface area contributed by atoms with Crippen LogP contribution in [0, 0.1) is 23.7 Å². The second-order valence-corrected chi connectivity index (χ2v) is 7.20. The topological polar surface area (TPSA) is 119 Å². The molecule has 0 bridgehead atoms. The van der Waals surface area contributed by atoms with Crippen molar-refractivity contribution in [3.05, 3.63) is 24.3 Å². The van der Waals surface area contributed by atoms with E-state index < -0.39 is 23.8 Å². The molecular weight excluding hydrogens is 378 g/mol. The van der Waals surface area contributed by atoms with Crippen LogP contribution in [-0.2, 0) is 28.7 Å². The molecule has 0 aromatic carbocycles. The van der Waals surface area contributed by atoms with Crippen molar-refractivity contribution < 1.29 is 33.8 Å². The molecule has 1 amide bonds. The Labute approximate surface area is 171 Å². The number of rotatable bonds is 6. The summed E-state index contributed by atoms with van der Waals surface area (Å²) in [4.78, 5) is 45.3. The Morgan fingerprint density at radius 3 is 1.62 bits per heavy atom. The first-order valence-corrected chi connectivity index (χ1v) is 9.77. The number of aliphatic carboxylic acids is 1. The summed E-state index contributed by atoms with van der Waals surface area (Å²) in [5.74, 6) is -3.60. The SMILES string of the molecule is C=C1C[C@H](C(=O)NC)[C@@H](C(=O)OCC)C1.C=C1C[C@H](C(=O)O)[C@@H](C(=O)OCC)C1. The summed E-state index contributed by atoms with van der Waals surface area (Å²) in [6.45, 7) is 11.6. The zero-order valence-corrected chi connectivity index (χ0v) is 17.4. The van der Waals surface area contributed by atoms with Crippen LogP contribution in [0.5, 0.6) is 0 Å². The Kier molecular flexibility index (Phi) is 9.58. The summed E-state index contributed by atoms with van der Waals surface area (Å²) in [5.41, 5.74) is 1.76. The van der Waals surface area contributed by atoms with Crippen molar-refractivity contribution in [2.24, 2.45) is 23.7 Å². The van der Waals surface area contributed by atoms with Gasteiger partial charge in [0.1, 0.15) is 0 Å². The maximum atomic E-state index is 11.6. The molecule has 8 heteroatoms. The van der Waals surface area contributed by atoms with Gasteiger partial charge in [-0.15, -0.1) is 0 Å². The fourth-order valence-electron chi connectivity index (χ4n) is 3.69. The molecule has 162 valence electrons. The molecule has 2 aliphatic rings. The zero-order chi connectivity index (χ0) is 22.1. The second kappa shape index (κ2) is 11.4. The molecule has 2 fully saturated rings. The Morgan fingerprint density at radius 2 is 1.24 bits per heavy atom. The van der Waals surface area contributed by atoms with E-state index in [1.165, 1.54) is 0 Å². The number of hydrogen-bond acceptors (Lipinski definition) is 6. The third-order valence-corrected chi connectivity index (χ3v) is 5.08. The van der Waals surface area contributed by atoms with Crippen LogP contribution < -0.4 is 5.32 Å². The van der Waals surface area contributed by atoms with Crippen LogP contribution in [0.3, 0.4) is 0 Å². The maximum Gasteiger partial charge on any atom is 0.310 e. The van der Waals surface area contributed by atoms with Gasteiger partial charge in [-0.3, -0.25) is 19.2 Å². The number of hydrogen-bond donors (Lipinski definition) is 2. The molecule has 0 saturated heterocycles. The molecule has 0 aromatic heterocycles. The van der Waals surface area contributed by atoms with Gasteiger partial charge in [0.05, 0.1) is 36.9 Å². The first-order chi connectivity index (χ1) is 13.7. The van der Waals surface area contributed by atoms with Crippen LogP contribution in [0.1, 0.15) is 39.5 Å². The average Bonchev–Trinajstić information content (AvgIpc) is 3.25. The van der Waals surface area contributed by atoms with Gasteiger partial charge in [0.25, 0.3) is 0 Å². The van der Waals surface area contributed by atoms with Crippen molar-refractivity contribution in [2.75, 3.05) is 20.3 Å². The minimum Gasteiger partial charge on any atom is -0.481 e. The smallest absolute Gasteiger partial charge is 0.310 e. The van der Waals surface area contributed by atoms with Crippen LogP contribution in [-0.4, -0.2) is 49.2 Å². The van der Waals surface area contributed by atoms with Crippen molar-refractivity contribution in [2.45, 2.75) is 39.5 Å². The molecule has 4 atom stereocenters. The molecule has 2 rings (SSSR count). The van der Waals surface area contributed by atoms with Gasteiger partial charge in [-0.1, -0.05) is 24.3 Å². The van der Waals surface area contributed by atoms with Crippen molar-refractivity contribution in [3.63, 3.8) is 0 Å². The minimum absolute atomic E-state index is 0.105. The molecule has 8 nitrogen and oxygen atoms in total. The summed E-state index contributed by atoms with van der Waals surface area (Å²) < 4.78 is 9.75. The molecule has 0 unspecified atom stereocenters. The summed E-state index contributed by atoms with van der Waals surface area (Å²) in [6.07, 6.45) is 1.98. The first-order valence-electron chi connectivity index (χ1n) is 9.77. The molecule has 0 radical (unpaired) electrons. The summed E-state index contributed by atoms with van der Waals surface area (Å²) in [5, 5.41) is 11.4. The van der Waals surface area contributed by atoms with E-state index in [9.17, 15) is 19.2 Å². The predicted molar refractivity (Wildman–Crippen MR) is 106 cm³/mol. The van der Waals surface area contributed by atoms with Crippen LogP contribution in [0.15, 0.2) is 24.3 Å². The van der Waals surface area contributed by atoms with Crippen molar-refractivity contribution >= 4 is 23.8 Å². The van der Waals surface area contributed by atoms with Gasteiger partial charge >= 0.3 is 17.9 Å². The monoisotopic (exact) mass is 409 g/mol. The summed E-state index contributed by atoms with van der Waals surface area (Å²) in [7, 11) is 1.58. The fourth-order valence-corrected chi connectivity index (χ4v) is 3.69. The summed E-state index contributed by atoms with van der Waals surface area (Å²) >= 11 is 0. The van der Waals surface area contributed by atoms with Crippen molar-refractivity contribution in [1.29, 1.82) is 0 Å². The lowest BCUT2D eigenvalue weighted by Gasteiger charge is -2.15. The molecule has 2 N–H and O–H groups in total. The minimum atomic E-state index is -0.943. The van der Waals surface area contributed by atoms with E-state index in [0.717, 1.165) is 11.1 Å². The maximum absolute atomic E-state index is 11.6. The average molecular weight is 409 g/mol. The normalized spacial score (nSPS) is 25.6. The highest BCUT2D eigenvalue weighted by Gasteiger charge is 2.41. The molecule has 0 aromatic rings. The zero-order valence-electron chi connectivity index (χ0n) is 17.4. The van der Waals surface area contributed by atoms with Gasteiger partial charge in [-0.25, -0.2) is 0 Å². The summed E-state index contributed by atoms with van der Waals surface area (Å²) in [6, 6.07) is 0. The van der Waals surface area contributed by atoms with Crippen molar-refractivity contribution in [3.8, 4) is 0 Å². The van der Waals surface area contributed by atoms with Gasteiger partial charge in [0.2, 0.25) is 5.91 Å². The third kappa shape index (κ3) is 6.73. The highest BCUT2D eigenvalue weighted by atomic mass is 16.5. The predicted octanol–water partition coefficient (Wildman–Crippen LogP) is 2.09. The molecule has 0 heterocycles. The number of carboxylic acids is 1. The van der Waals surface area contributed by atoms with E-state index in [1.54, 1.807) is 20.9 Å². The van der Waals surface area contributed by atoms with E-state index in [1.807, 2.05) is 0 Å². The van der Waals surface area contributed by atoms with Gasteiger partial charge in [0.15, 0.2) is 0 Å². The van der Waals surface area contributed by atoms with Gasteiger partial charge in [0, 0.05) is 7.05 Å². The van der Waals surface area contributed by atoms with Gasteiger partial charge in [-0.05, 0) is 39.5 Å². The largest absolute Gasteiger partial charge is 0.481 e. The van der Waals surface area contributed by atoms with Gasteiger partial charge < -0.3 is 19.9 Å². The molecule has 2 saturated carbocycles. The van der Waals surface area contributed by atoms with Crippen LogP contribution >= 0.6 is 0 Å². The molecule has 0 spiro atoms. The van der Waals surface area contributed by atoms with Gasteiger partial charge in [-0.2, -0.15) is 0 Å². The number of allylic oxidation sites excluding steroid dienone is 2. The van der Waals surface area contributed by atoms with E-state index >= 15 is 0 Å². The van der Waals surface area contributed by atoms with E-state index in [4.69, 9.17) is 14.6 Å². The number of carbonyl (C=O) groups excluding carboxylic acids is 3. The van der Waals surface area contributed by atoms with Crippen LogP contribution in [0.25, 0.3) is 0 Å². The first kappa shape index (κ1) is 24.4. The Morgan fingerprint density at radius 1 is 0.862 bits per heavy atom. The van der Waals surface area contributed by atoms with Crippen LogP contribution in [0.4, 0.5) is 0 Å². The lowest BCUT2D eigenvalue weighted by molar-refractivity contribution is -0.156. The highest BCUT2D eigenvalue weighted by molar-refractivity contribution is 5.86. The number of carbonyl (C=O) groups is 4. The van der Waals surface area contributed by atoms with Crippen LogP contribution in [0.2, 0.25) is 0 Å². The Balaban J connectivity index is 0.000000291.